The molecular weight excluding hydrogens is 150 g/mol. The molecule has 3 heteroatoms. The van der Waals surface area contributed by atoms with Crippen molar-refractivity contribution in [2.45, 2.75) is 20.3 Å². The van der Waals surface area contributed by atoms with E-state index in [1.165, 1.54) is 5.69 Å². The summed E-state index contributed by atoms with van der Waals surface area (Å²) in [4.78, 5) is 4.01. The first-order valence-corrected chi connectivity index (χ1v) is 4.44. The zero-order valence-corrected chi connectivity index (χ0v) is 8.46. The van der Waals surface area contributed by atoms with E-state index in [9.17, 15) is 0 Å². The second kappa shape index (κ2) is 6.85. The molecule has 0 amide bonds. The largest absolute Gasteiger partial charge is 0.338 e. The number of hydrogen-bond donors (Lipinski definition) is 1. The topological polar surface area (TPSA) is 29.9 Å². The third-order valence-electron chi connectivity index (χ3n) is 1.55. The molecule has 0 saturated heterocycles. The van der Waals surface area contributed by atoms with E-state index < -0.39 is 0 Å². The number of rotatable bonds is 3. The van der Waals surface area contributed by atoms with Gasteiger partial charge in [0, 0.05) is 31.9 Å². The SMILES string of the molecule is CC.CNCCc1cncn1C. The lowest BCUT2D eigenvalue weighted by molar-refractivity contribution is 0.737. The van der Waals surface area contributed by atoms with Crippen LogP contribution in [0, 0.1) is 0 Å². The van der Waals surface area contributed by atoms with Gasteiger partial charge in [-0.1, -0.05) is 13.8 Å². The second-order valence-electron chi connectivity index (χ2n) is 2.35. The minimum Gasteiger partial charge on any atom is -0.338 e. The van der Waals surface area contributed by atoms with E-state index in [0.717, 1.165) is 13.0 Å². The van der Waals surface area contributed by atoms with E-state index in [2.05, 4.69) is 10.3 Å². The molecule has 0 aliphatic rings. The van der Waals surface area contributed by atoms with Crippen molar-refractivity contribution in [2.75, 3.05) is 13.6 Å². The van der Waals surface area contributed by atoms with E-state index in [4.69, 9.17) is 0 Å². The van der Waals surface area contributed by atoms with Crippen molar-refractivity contribution in [3.63, 3.8) is 0 Å². The van der Waals surface area contributed by atoms with Gasteiger partial charge in [0.25, 0.3) is 0 Å². The lowest BCUT2D eigenvalue weighted by atomic mass is 10.3. The summed E-state index contributed by atoms with van der Waals surface area (Å²) in [6.07, 6.45) is 4.77. The predicted octanol–water partition coefficient (Wildman–Crippen LogP) is 1.21. The van der Waals surface area contributed by atoms with E-state index >= 15 is 0 Å². The first kappa shape index (κ1) is 11.2. The van der Waals surface area contributed by atoms with E-state index in [0.29, 0.717) is 0 Å². The Morgan fingerprint density at radius 3 is 2.58 bits per heavy atom. The molecule has 0 fully saturated rings. The number of likely N-dealkylation sites (N-methyl/N-ethyl adjacent to an activating group) is 1. The molecular formula is C9H19N3. The number of aryl methyl sites for hydroxylation is 1. The molecule has 0 radical (unpaired) electrons. The summed E-state index contributed by atoms with van der Waals surface area (Å²) >= 11 is 0. The molecule has 70 valence electrons. The Bertz CT molecular complexity index is 193. The minimum atomic E-state index is 1.01. The van der Waals surface area contributed by atoms with Gasteiger partial charge in [0.15, 0.2) is 0 Å². The fourth-order valence-corrected chi connectivity index (χ4v) is 0.879. The van der Waals surface area contributed by atoms with Gasteiger partial charge < -0.3 is 9.88 Å². The quantitative estimate of drug-likeness (QED) is 0.737. The van der Waals surface area contributed by atoms with Crippen LogP contribution in [0.2, 0.25) is 0 Å². The molecule has 1 N–H and O–H groups in total. The van der Waals surface area contributed by atoms with Crippen molar-refractivity contribution in [3.05, 3.63) is 18.2 Å². The lowest BCUT2D eigenvalue weighted by Crippen LogP contribution is -2.11. The van der Waals surface area contributed by atoms with Gasteiger partial charge in [0.2, 0.25) is 0 Å². The first-order valence-electron chi connectivity index (χ1n) is 4.44. The van der Waals surface area contributed by atoms with Gasteiger partial charge in [-0.25, -0.2) is 4.98 Å². The number of hydrogen-bond acceptors (Lipinski definition) is 2. The zero-order chi connectivity index (χ0) is 9.40. The first-order chi connectivity index (χ1) is 5.84. The molecule has 3 nitrogen and oxygen atoms in total. The Morgan fingerprint density at radius 2 is 2.17 bits per heavy atom. The van der Waals surface area contributed by atoms with Crippen LogP contribution in [-0.2, 0) is 13.5 Å². The van der Waals surface area contributed by atoms with Crippen LogP contribution < -0.4 is 5.32 Å². The summed E-state index contributed by atoms with van der Waals surface area (Å²) in [7, 11) is 3.97. The molecule has 12 heavy (non-hydrogen) atoms. The molecule has 0 bridgehead atoms. The summed E-state index contributed by atoms with van der Waals surface area (Å²) in [6, 6.07) is 0. The molecule has 1 aromatic heterocycles. The molecule has 0 unspecified atom stereocenters. The molecule has 0 saturated carbocycles. The van der Waals surface area contributed by atoms with Crippen LogP contribution in [0.1, 0.15) is 19.5 Å². The maximum atomic E-state index is 4.01. The van der Waals surface area contributed by atoms with Crippen LogP contribution in [0.3, 0.4) is 0 Å². The summed E-state index contributed by atoms with van der Waals surface area (Å²) in [5, 5.41) is 3.09. The van der Waals surface area contributed by atoms with Crippen LogP contribution in [0.25, 0.3) is 0 Å². The van der Waals surface area contributed by atoms with Gasteiger partial charge in [0.1, 0.15) is 0 Å². The highest BCUT2D eigenvalue weighted by molar-refractivity contribution is 4.97. The van der Waals surface area contributed by atoms with Crippen molar-refractivity contribution < 1.29 is 0 Å². The Morgan fingerprint density at radius 1 is 1.50 bits per heavy atom. The van der Waals surface area contributed by atoms with Crippen molar-refractivity contribution in [1.82, 2.24) is 14.9 Å². The maximum absolute atomic E-state index is 4.01. The van der Waals surface area contributed by atoms with Gasteiger partial charge in [-0.05, 0) is 7.05 Å². The number of nitrogens with one attached hydrogen (secondary N) is 1. The molecule has 0 aromatic carbocycles. The number of imidazole rings is 1. The average Bonchev–Trinajstić information content (AvgIpc) is 2.51. The third-order valence-corrected chi connectivity index (χ3v) is 1.55. The Hall–Kier alpha value is -0.830. The zero-order valence-electron chi connectivity index (χ0n) is 8.46. The third kappa shape index (κ3) is 3.53. The normalized spacial score (nSPS) is 9.00. The molecule has 1 rings (SSSR count). The maximum Gasteiger partial charge on any atom is 0.0945 e. The number of nitrogens with zero attached hydrogens (tertiary/aromatic N) is 2. The summed E-state index contributed by atoms with van der Waals surface area (Å²) in [5.41, 5.74) is 1.27. The highest BCUT2D eigenvalue weighted by Gasteiger charge is 1.94. The monoisotopic (exact) mass is 169 g/mol. The van der Waals surface area contributed by atoms with Crippen molar-refractivity contribution in [1.29, 1.82) is 0 Å². The van der Waals surface area contributed by atoms with Gasteiger partial charge in [-0.2, -0.15) is 0 Å². The van der Waals surface area contributed by atoms with Gasteiger partial charge in [-0.15, -0.1) is 0 Å². The van der Waals surface area contributed by atoms with Crippen molar-refractivity contribution in [2.24, 2.45) is 7.05 Å². The highest BCUT2D eigenvalue weighted by atomic mass is 15.0. The molecule has 1 aromatic rings. The van der Waals surface area contributed by atoms with Crippen LogP contribution in [0.15, 0.2) is 12.5 Å². The Kier molecular flexibility index (Phi) is 6.38. The smallest absolute Gasteiger partial charge is 0.0945 e. The molecule has 1 heterocycles. The summed E-state index contributed by atoms with van der Waals surface area (Å²) in [6.45, 7) is 5.01. The number of aromatic nitrogens is 2. The van der Waals surface area contributed by atoms with Gasteiger partial charge >= 0.3 is 0 Å². The molecule has 0 aliphatic heterocycles. The lowest BCUT2D eigenvalue weighted by Gasteiger charge is -1.99. The second-order valence-corrected chi connectivity index (χ2v) is 2.35. The Balaban J connectivity index is 0.000000561. The fraction of sp³-hybridized carbons (Fsp3) is 0.667. The Labute approximate surface area is 74.8 Å². The summed E-state index contributed by atoms with van der Waals surface area (Å²) < 4.78 is 2.04. The molecule has 0 spiro atoms. The predicted molar refractivity (Wildman–Crippen MR) is 52.2 cm³/mol. The van der Waals surface area contributed by atoms with E-state index in [1.807, 2.05) is 45.0 Å². The fourth-order valence-electron chi connectivity index (χ4n) is 0.879. The van der Waals surface area contributed by atoms with Gasteiger partial charge in [0.05, 0.1) is 6.33 Å². The van der Waals surface area contributed by atoms with Crippen LogP contribution in [0.5, 0.6) is 0 Å². The van der Waals surface area contributed by atoms with E-state index in [1.54, 1.807) is 0 Å². The highest BCUT2D eigenvalue weighted by Crippen LogP contribution is 1.95. The summed E-state index contributed by atoms with van der Waals surface area (Å²) in [5.74, 6) is 0. The van der Waals surface area contributed by atoms with Crippen LogP contribution >= 0.6 is 0 Å². The minimum absolute atomic E-state index is 1.01. The standard InChI is InChI=1S/C7H13N3.C2H6/c1-8-4-3-7-5-9-6-10(7)2;1-2/h5-6,8H,3-4H2,1-2H3;1-2H3. The van der Waals surface area contributed by atoms with Crippen molar-refractivity contribution >= 4 is 0 Å². The molecule has 0 atom stereocenters. The van der Waals surface area contributed by atoms with Crippen molar-refractivity contribution in [3.8, 4) is 0 Å². The van der Waals surface area contributed by atoms with Gasteiger partial charge in [-0.3, -0.25) is 0 Å². The van der Waals surface area contributed by atoms with Crippen LogP contribution in [0.4, 0.5) is 0 Å². The van der Waals surface area contributed by atoms with E-state index in [-0.39, 0.29) is 0 Å². The average molecular weight is 169 g/mol. The molecule has 0 aliphatic carbocycles. The van der Waals surface area contributed by atoms with Crippen LogP contribution in [-0.4, -0.2) is 23.1 Å².